The summed E-state index contributed by atoms with van der Waals surface area (Å²) < 4.78 is 5.95. The third kappa shape index (κ3) is 3.22. The Morgan fingerprint density at radius 2 is 2.29 bits per heavy atom. The lowest BCUT2D eigenvalue weighted by atomic mass is 10.1. The van der Waals surface area contributed by atoms with E-state index in [2.05, 4.69) is 17.9 Å². The van der Waals surface area contributed by atoms with Gasteiger partial charge in [-0.2, -0.15) is 0 Å². The summed E-state index contributed by atoms with van der Waals surface area (Å²) in [5, 5.41) is 0. The van der Waals surface area contributed by atoms with Crippen LogP contribution in [0.5, 0.6) is 0 Å². The molecule has 0 saturated carbocycles. The van der Waals surface area contributed by atoms with Crippen molar-refractivity contribution in [3.05, 3.63) is 22.9 Å². The Morgan fingerprint density at radius 1 is 1.38 bits per heavy atom. The van der Waals surface area contributed by atoms with Crippen molar-refractivity contribution >= 4 is 5.82 Å². The molecule has 1 aliphatic carbocycles. The Bertz CT molecular complexity index is 489. The van der Waals surface area contributed by atoms with E-state index in [0.717, 1.165) is 44.8 Å². The van der Waals surface area contributed by atoms with E-state index in [-0.39, 0.29) is 0 Å². The van der Waals surface area contributed by atoms with Crippen LogP contribution in [0.2, 0.25) is 0 Å². The number of piperidine rings is 1. The van der Waals surface area contributed by atoms with E-state index < -0.39 is 0 Å². The minimum Gasteiger partial charge on any atom is -0.376 e. The van der Waals surface area contributed by atoms with Gasteiger partial charge in [-0.15, -0.1) is 0 Å². The fourth-order valence-electron chi connectivity index (χ4n) is 3.48. The highest BCUT2D eigenvalue weighted by Crippen LogP contribution is 2.29. The Kier molecular flexibility index (Phi) is 4.76. The van der Waals surface area contributed by atoms with Crippen LogP contribution in [0.25, 0.3) is 0 Å². The summed E-state index contributed by atoms with van der Waals surface area (Å²) in [5.41, 5.74) is 9.87. The number of rotatable bonds is 5. The first-order valence-electron chi connectivity index (χ1n) is 8.40. The zero-order valence-corrected chi connectivity index (χ0v) is 13.1. The zero-order chi connectivity index (χ0) is 14.7. The standard InChI is InChI=1S/C17H27N3O/c1-2-9-21-15-6-4-8-20(12-15)17-14(11-18)10-13-5-3-7-16(13)19-17/h10,15H,2-9,11-12,18H2,1H3. The number of pyridine rings is 1. The molecule has 2 N–H and O–H groups in total. The minimum atomic E-state index is 0.347. The van der Waals surface area contributed by atoms with Gasteiger partial charge in [-0.25, -0.2) is 4.98 Å². The number of anilines is 1. The van der Waals surface area contributed by atoms with E-state index in [1.54, 1.807) is 0 Å². The average molecular weight is 289 g/mol. The third-order valence-electron chi connectivity index (χ3n) is 4.56. The van der Waals surface area contributed by atoms with Crippen molar-refractivity contribution in [3.8, 4) is 0 Å². The number of hydrogen-bond donors (Lipinski definition) is 1. The molecule has 0 spiro atoms. The summed E-state index contributed by atoms with van der Waals surface area (Å²) in [5.74, 6) is 1.11. The van der Waals surface area contributed by atoms with E-state index in [1.165, 1.54) is 36.1 Å². The number of fused-ring (bicyclic) bond motifs is 1. The van der Waals surface area contributed by atoms with Crippen LogP contribution in [0.4, 0.5) is 5.82 Å². The van der Waals surface area contributed by atoms with Crippen LogP contribution in [0.3, 0.4) is 0 Å². The lowest BCUT2D eigenvalue weighted by molar-refractivity contribution is 0.0439. The molecule has 1 atom stereocenters. The fraction of sp³-hybridized carbons (Fsp3) is 0.706. The quantitative estimate of drug-likeness (QED) is 0.904. The number of nitrogens with zero attached hydrogens (tertiary/aromatic N) is 2. The van der Waals surface area contributed by atoms with Gasteiger partial charge in [-0.3, -0.25) is 0 Å². The topological polar surface area (TPSA) is 51.4 Å². The first-order valence-corrected chi connectivity index (χ1v) is 8.40. The molecule has 116 valence electrons. The van der Waals surface area contributed by atoms with Crippen molar-refractivity contribution in [3.63, 3.8) is 0 Å². The van der Waals surface area contributed by atoms with Crippen molar-refractivity contribution in [2.24, 2.45) is 5.73 Å². The first kappa shape index (κ1) is 14.8. The number of aryl methyl sites for hydroxylation is 2. The molecule has 1 saturated heterocycles. The van der Waals surface area contributed by atoms with E-state index in [4.69, 9.17) is 15.5 Å². The molecule has 1 aromatic rings. The van der Waals surface area contributed by atoms with E-state index in [1.807, 2.05) is 0 Å². The monoisotopic (exact) mass is 289 g/mol. The van der Waals surface area contributed by atoms with Gasteiger partial charge in [0.1, 0.15) is 5.82 Å². The number of hydrogen-bond acceptors (Lipinski definition) is 4. The highest BCUT2D eigenvalue weighted by molar-refractivity contribution is 5.51. The molecule has 1 aliphatic heterocycles. The van der Waals surface area contributed by atoms with Crippen molar-refractivity contribution in [2.75, 3.05) is 24.6 Å². The predicted molar refractivity (Wildman–Crippen MR) is 85.6 cm³/mol. The van der Waals surface area contributed by atoms with Gasteiger partial charge in [0.2, 0.25) is 0 Å². The van der Waals surface area contributed by atoms with Gasteiger partial charge in [0, 0.05) is 37.5 Å². The Hall–Kier alpha value is -1.13. The second-order valence-electron chi connectivity index (χ2n) is 6.22. The zero-order valence-electron chi connectivity index (χ0n) is 13.1. The maximum atomic E-state index is 5.97. The summed E-state index contributed by atoms with van der Waals surface area (Å²) >= 11 is 0. The average Bonchev–Trinajstić information content (AvgIpc) is 2.99. The molecular weight excluding hydrogens is 262 g/mol. The molecular formula is C17H27N3O. The molecule has 21 heavy (non-hydrogen) atoms. The molecule has 3 rings (SSSR count). The van der Waals surface area contributed by atoms with Gasteiger partial charge in [0.05, 0.1) is 6.10 Å². The van der Waals surface area contributed by atoms with E-state index >= 15 is 0 Å². The molecule has 4 nitrogen and oxygen atoms in total. The highest BCUT2D eigenvalue weighted by Gasteiger charge is 2.25. The van der Waals surface area contributed by atoms with Crippen molar-refractivity contribution in [1.29, 1.82) is 0 Å². The second kappa shape index (κ2) is 6.75. The van der Waals surface area contributed by atoms with E-state index in [0.29, 0.717) is 12.6 Å². The largest absolute Gasteiger partial charge is 0.376 e. The normalized spacial score (nSPS) is 21.6. The van der Waals surface area contributed by atoms with Crippen LogP contribution in [-0.2, 0) is 24.1 Å². The summed E-state index contributed by atoms with van der Waals surface area (Å²) in [6, 6.07) is 2.29. The van der Waals surface area contributed by atoms with Crippen molar-refractivity contribution in [2.45, 2.75) is 58.1 Å². The third-order valence-corrected chi connectivity index (χ3v) is 4.56. The molecule has 0 bridgehead atoms. The van der Waals surface area contributed by atoms with Gasteiger partial charge in [0.15, 0.2) is 0 Å². The molecule has 0 radical (unpaired) electrons. The molecule has 0 aromatic carbocycles. The molecule has 2 heterocycles. The first-order chi connectivity index (χ1) is 10.3. The minimum absolute atomic E-state index is 0.347. The van der Waals surface area contributed by atoms with Crippen molar-refractivity contribution in [1.82, 2.24) is 4.98 Å². The van der Waals surface area contributed by atoms with Crippen LogP contribution >= 0.6 is 0 Å². The Balaban J connectivity index is 1.79. The summed E-state index contributed by atoms with van der Waals surface area (Å²) in [7, 11) is 0. The van der Waals surface area contributed by atoms with Crippen molar-refractivity contribution < 1.29 is 4.74 Å². The van der Waals surface area contributed by atoms with Crippen LogP contribution in [0.15, 0.2) is 6.07 Å². The predicted octanol–water partition coefficient (Wildman–Crippen LogP) is 2.42. The van der Waals surface area contributed by atoms with Gasteiger partial charge in [0.25, 0.3) is 0 Å². The summed E-state index contributed by atoms with van der Waals surface area (Å²) in [6.45, 7) is 5.63. The molecule has 4 heteroatoms. The van der Waals surface area contributed by atoms with Crippen LogP contribution < -0.4 is 10.6 Å². The van der Waals surface area contributed by atoms with Gasteiger partial charge < -0.3 is 15.4 Å². The Morgan fingerprint density at radius 3 is 3.10 bits per heavy atom. The molecule has 1 fully saturated rings. The molecule has 1 unspecified atom stereocenters. The molecule has 0 amide bonds. The lowest BCUT2D eigenvalue weighted by Gasteiger charge is -2.34. The van der Waals surface area contributed by atoms with Crippen LogP contribution in [-0.4, -0.2) is 30.8 Å². The number of ether oxygens (including phenoxy) is 1. The molecule has 2 aliphatic rings. The van der Waals surface area contributed by atoms with Crippen LogP contribution in [0.1, 0.15) is 49.4 Å². The number of nitrogens with two attached hydrogens (primary N) is 1. The van der Waals surface area contributed by atoms with E-state index in [9.17, 15) is 0 Å². The smallest absolute Gasteiger partial charge is 0.133 e. The fourth-order valence-corrected chi connectivity index (χ4v) is 3.48. The maximum absolute atomic E-state index is 5.97. The SMILES string of the molecule is CCCOC1CCCN(c2nc3c(cc2CN)CCC3)C1. The van der Waals surface area contributed by atoms with Crippen LogP contribution in [0, 0.1) is 0 Å². The maximum Gasteiger partial charge on any atom is 0.133 e. The Labute approximate surface area is 127 Å². The second-order valence-corrected chi connectivity index (χ2v) is 6.22. The van der Waals surface area contributed by atoms with Gasteiger partial charge in [-0.05, 0) is 50.2 Å². The summed E-state index contributed by atoms with van der Waals surface area (Å²) in [6.07, 6.45) is 7.30. The van der Waals surface area contributed by atoms with Gasteiger partial charge in [-0.1, -0.05) is 6.92 Å². The van der Waals surface area contributed by atoms with Gasteiger partial charge >= 0.3 is 0 Å². The number of aromatic nitrogens is 1. The summed E-state index contributed by atoms with van der Waals surface area (Å²) in [4.78, 5) is 7.35. The molecule has 1 aromatic heterocycles. The lowest BCUT2D eigenvalue weighted by Crippen LogP contribution is -2.41. The highest BCUT2D eigenvalue weighted by atomic mass is 16.5.